The first kappa shape index (κ1) is 13.9. The summed E-state index contributed by atoms with van der Waals surface area (Å²) in [6.45, 7) is 0. The molecule has 0 aromatic heterocycles. The van der Waals surface area contributed by atoms with Gasteiger partial charge in [-0.1, -0.05) is 18.2 Å². The lowest BCUT2D eigenvalue weighted by molar-refractivity contribution is 0.209. The molecule has 0 heterocycles. The summed E-state index contributed by atoms with van der Waals surface area (Å²) < 4.78 is 26.5. The van der Waals surface area contributed by atoms with Gasteiger partial charge in [-0.15, -0.1) is 0 Å². The molecule has 0 aliphatic carbocycles. The number of hydrogen-bond donors (Lipinski definition) is 3. The van der Waals surface area contributed by atoms with Gasteiger partial charge in [0.05, 0.1) is 4.90 Å². The summed E-state index contributed by atoms with van der Waals surface area (Å²) in [5.74, 6) is 0. The minimum Gasteiger partial charge on any atom is -0.465 e. The van der Waals surface area contributed by atoms with Crippen molar-refractivity contribution in [3.63, 3.8) is 0 Å². The highest BCUT2D eigenvalue weighted by Crippen LogP contribution is 2.18. The summed E-state index contributed by atoms with van der Waals surface area (Å²) in [5.41, 5.74) is 0.713. The fourth-order valence-corrected chi connectivity index (χ4v) is 2.64. The van der Waals surface area contributed by atoms with Crippen molar-refractivity contribution in [1.29, 1.82) is 0 Å². The van der Waals surface area contributed by atoms with E-state index in [2.05, 4.69) is 10.0 Å². The predicted molar refractivity (Wildman–Crippen MR) is 75.3 cm³/mol. The zero-order valence-corrected chi connectivity index (χ0v) is 11.1. The van der Waals surface area contributed by atoms with Crippen molar-refractivity contribution >= 4 is 27.5 Å². The minimum absolute atomic E-state index is 0.160. The molecule has 2 aromatic rings. The number of nitrogens with one attached hydrogen (secondary N) is 2. The van der Waals surface area contributed by atoms with Crippen LogP contribution in [0.5, 0.6) is 0 Å². The summed E-state index contributed by atoms with van der Waals surface area (Å²) in [7, 11) is -3.64. The average Bonchev–Trinajstić information content (AvgIpc) is 2.41. The molecule has 6 nitrogen and oxygen atoms in total. The van der Waals surface area contributed by atoms with Gasteiger partial charge < -0.3 is 5.11 Å². The third-order valence-corrected chi connectivity index (χ3v) is 3.84. The highest BCUT2D eigenvalue weighted by atomic mass is 32.2. The predicted octanol–water partition coefficient (Wildman–Crippen LogP) is 2.58. The van der Waals surface area contributed by atoms with E-state index in [1.165, 1.54) is 36.4 Å². The Labute approximate surface area is 116 Å². The van der Waals surface area contributed by atoms with Gasteiger partial charge in [0.15, 0.2) is 0 Å². The fourth-order valence-electron chi connectivity index (χ4n) is 1.56. The fraction of sp³-hybridized carbons (Fsp3) is 0. The van der Waals surface area contributed by atoms with Gasteiger partial charge in [0.1, 0.15) is 0 Å². The second-order valence-electron chi connectivity index (χ2n) is 3.93. The van der Waals surface area contributed by atoms with Crippen LogP contribution in [0.3, 0.4) is 0 Å². The molecule has 0 atom stereocenters. The van der Waals surface area contributed by atoms with E-state index in [9.17, 15) is 13.2 Å². The lowest BCUT2D eigenvalue weighted by Gasteiger charge is -2.08. The van der Waals surface area contributed by atoms with E-state index in [4.69, 9.17) is 5.11 Å². The number of benzene rings is 2. The molecule has 20 heavy (non-hydrogen) atoms. The number of hydrogen-bond acceptors (Lipinski definition) is 3. The molecule has 0 bridgehead atoms. The second kappa shape index (κ2) is 5.62. The van der Waals surface area contributed by atoms with E-state index in [0.29, 0.717) is 11.4 Å². The van der Waals surface area contributed by atoms with Crippen molar-refractivity contribution in [2.24, 2.45) is 0 Å². The molecule has 0 unspecified atom stereocenters. The quantitative estimate of drug-likeness (QED) is 0.807. The molecular formula is C13H12N2O4S. The van der Waals surface area contributed by atoms with Crippen LogP contribution in [-0.4, -0.2) is 19.6 Å². The molecule has 104 valence electrons. The van der Waals surface area contributed by atoms with Crippen LogP contribution in [0, 0.1) is 0 Å². The van der Waals surface area contributed by atoms with E-state index in [-0.39, 0.29) is 4.90 Å². The first-order valence-corrected chi connectivity index (χ1v) is 7.13. The van der Waals surface area contributed by atoms with Crippen molar-refractivity contribution in [3.8, 4) is 0 Å². The van der Waals surface area contributed by atoms with Gasteiger partial charge in [0.2, 0.25) is 0 Å². The van der Waals surface area contributed by atoms with Gasteiger partial charge in [-0.05, 0) is 36.4 Å². The van der Waals surface area contributed by atoms with Crippen molar-refractivity contribution in [3.05, 3.63) is 54.6 Å². The normalized spacial score (nSPS) is 10.8. The number of anilines is 2. The van der Waals surface area contributed by atoms with Crippen molar-refractivity contribution in [2.45, 2.75) is 4.90 Å². The van der Waals surface area contributed by atoms with Crippen LogP contribution in [0.4, 0.5) is 16.2 Å². The zero-order chi connectivity index (χ0) is 14.6. The first-order chi connectivity index (χ1) is 9.47. The molecule has 3 N–H and O–H groups in total. The van der Waals surface area contributed by atoms with Gasteiger partial charge in [-0.25, -0.2) is 13.2 Å². The van der Waals surface area contributed by atoms with Crippen LogP contribution in [0.2, 0.25) is 0 Å². The van der Waals surface area contributed by atoms with Crippen LogP contribution in [-0.2, 0) is 10.0 Å². The third kappa shape index (κ3) is 3.48. The van der Waals surface area contributed by atoms with Gasteiger partial charge in [-0.3, -0.25) is 10.0 Å². The molecule has 1 amide bonds. The Morgan fingerprint density at radius 3 is 2.00 bits per heavy atom. The maximum absolute atomic E-state index is 12.0. The van der Waals surface area contributed by atoms with Crippen molar-refractivity contribution in [2.75, 3.05) is 10.0 Å². The van der Waals surface area contributed by atoms with E-state index in [0.717, 1.165) is 0 Å². The maximum atomic E-state index is 12.0. The smallest absolute Gasteiger partial charge is 0.409 e. The van der Waals surface area contributed by atoms with Crippen molar-refractivity contribution < 1.29 is 18.3 Å². The average molecular weight is 292 g/mol. The molecule has 0 aliphatic heterocycles. The Balaban J connectivity index is 2.16. The summed E-state index contributed by atoms with van der Waals surface area (Å²) >= 11 is 0. The number of sulfonamides is 1. The standard InChI is InChI=1S/C13H12N2O4S/c16-13(17)14-10-6-8-11(9-7-10)15-20(18,19)12-4-2-1-3-5-12/h1-9,14-15H,(H,16,17). The lowest BCUT2D eigenvalue weighted by Crippen LogP contribution is -2.13. The lowest BCUT2D eigenvalue weighted by atomic mass is 10.3. The summed E-state index contributed by atoms with van der Waals surface area (Å²) in [6.07, 6.45) is -1.18. The largest absolute Gasteiger partial charge is 0.465 e. The SMILES string of the molecule is O=C(O)Nc1ccc(NS(=O)(=O)c2ccccc2)cc1. The van der Waals surface area contributed by atoms with Crippen molar-refractivity contribution in [1.82, 2.24) is 0 Å². The minimum atomic E-state index is -3.64. The summed E-state index contributed by atoms with van der Waals surface area (Å²) in [6, 6.07) is 13.9. The van der Waals surface area contributed by atoms with Gasteiger partial charge >= 0.3 is 6.09 Å². The first-order valence-electron chi connectivity index (χ1n) is 5.65. The number of rotatable bonds is 4. The second-order valence-corrected chi connectivity index (χ2v) is 5.61. The third-order valence-electron chi connectivity index (χ3n) is 2.44. The summed E-state index contributed by atoms with van der Waals surface area (Å²) in [5, 5.41) is 10.7. The number of carboxylic acid groups (broad SMARTS) is 1. The molecule has 2 rings (SSSR count). The van der Waals surface area contributed by atoms with Crippen LogP contribution >= 0.6 is 0 Å². The molecule has 7 heteroatoms. The Morgan fingerprint density at radius 2 is 1.45 bits per heavy atom. The number of amides is 1. The van der Waals surface area contributed by atoms with E-state index < -0.39 is 16.1 Å². The Kier molecular flexibility index (Phi) is 3.90. The Hall–Kier alpha value is -2.54. The molecule has 0 radical (unpaired) electrons. The van der Waals surface area contributed by atoms with Crippen LogP contribution in [0.15, 0.2) is 59.5 Å². The van der Waals surface area contributed by atoms with Gasteiger partial charge in [0, 0.05) is 11.4 Å². The zero-order valence-electron chi connectivity index (χ0n) is 10.3. The monoisotopic (exact) mass is 292 g/mol. The van der Waals surface area contributed by atoms with E-state index in [1.807, 2.05) is 0 Å². The maximum Gasteiger partial charge on any atom is 0.409 e. The molecule has 0 aliphatic rings. The van der Waals surface area contributed by atoms with Crippen LogP contribution in [0.25, 0.3) is 0 Å². The topological polar surface area (TPSA) is 95.5 Å². The molecule has 0 saturated carbocycles. The molecule has 0 fully saturated rings. The molecule has 0 spiro atoms. The van der Waals surface area contributed by atoms with Crippen LogP contribution < -0.4 is 10.0 Å². The molecule has 0 saturated heterocycles. The molecular weight excluding hydrogens is 280 g/mol. The molecule has 2 aromatic carbocycles. The van der Waals surface area contributed by atoms with E-state index >= 15 is 0 Å². The van der Waals surface area contributed by atoms with Crippen LogP contribution in [0.1, 0.15) is 0 Å². The van der Waals surface area contributed by atoms with Gasteiger partial charge in [0.25, 0.3) is 10.0 Å². The Morgan fingerprint density at radius 1 is 0.900 bits per heavy atom. The van der Waals surface area contributed by atoms with E-state index in [1.54, 1.807) is 18.2 Å². The Bertz CT molecular complexity index is 697. The highest BCUT2D eigenvalue weighted by molar-refractivity contribution is 7.92. The highest BCUT2D eigenvalue weighted by Gasteiger charge is 2.13. The van der Waals surface area contributed by atoms with Gasteiger partial charge in [-0.2, -0.15) is 0 Å². The summed E-state index contributed by atoms with van der Waals surface area (Å²) in [4.78, 5) is 10.6. The number of carbonyl (C=O) groups is 1.